The maximum atomic E-state index is 12.5. The monoisotopic (exact) mass is 354 g/mol. The molecule has 0 bridgehead atoms. The molecule has 0 unspecified atom stereocenters. The van der Waals surface area contributed by atoms with E-state index in [0.717, 1.165) is 25.7 Å². The van der Waals surface area contributed by atoms with Gasteiger partial charge in [-0.05, 0) is 31.6 Å². The number of carbonyl (C=O) groups excluding carboxylic acids is 2. The van der Waals surface area contributed by atoms with Crippen molar-refractivity contribution in [1.29, 1.82) is 0 Å². The first kappa shape index (κ1) is 17.2. The van der Waals surface area contributed by atoms with Crippen LogP contribution in [0.15, 0.2) is 6.20 Å². The fourth-order valence-corrected chi connectivity index (χ4v) is 3.92. The van der Waals surface area contributed by atoms with Gasteiger partial charge in [-0.15, -0.1) is 0 Å². The number of aryl methyl sites for hydroxylation is 1. The average Bonchev–Trinajstić information content (AvgIpc) is 3.13. The molecule has 0 saturated carbocycles. The lowest BCUT2D eigenvalue weighted by Gasteiger charge is -2.33. The molecule has 3 rings (SSSR count). The standard InChI is InChI=1S/C16H23ClN4O3/c1-20-9-12(17)14(19-20)16(23)21-5-2-10(3-6-21)8-13-11(15(18)22)4-7-24-13/h9-11,13H,2-8H2,1H3,(H2,18,22)/t11-,13-/m1/s1. The molecule has 0 spiro atoms. The number of likely N-dealkylation sites (tertiary alicyclic amines) is 1. The number of piperidine rings is 1. The molecule has 2 aliphatic rings. The molecular weight excluding hydrogens is 332 g/mol. The van der Waals surface area contributed by atoms with Gasteiger partial charge in [-0.2, -0.15) is 5.10 Å². The van der Waals surface area contributed by atoms with E-state index < -0.39 is 0 Å². The summed E-state index contributed by atoms with van der Waals surface area (Å²) < 4.78 is 7.23. The van der Waals surface area contributed by atoms with Crippen molar-refractivity contribution in [2.45, 2.75) is 31.8 Å². The highest BCUT2D eigenvalue weighted by molar-refractivity contribution is 6.33. The van der Waals surface area contributed by atoms with Crippen molar-refractivity contribution in [3.05, 3.63) is 16.9 Å². The molecule has 1 aromatic heterocycles. The SMILES string of the molecule is Cn1cc(Cl)c(C(=O)N2CCC(C[C@H]3OCC[C@H]3C(N)=O)CC2)n1. The molecule has 0 radical (unpaired) electrons. The van der Waals surface area contributed by atoms with E-state index in [1.54, 1.807) is 22.8 Å². The largest absolute Gasteiger partial charge is 0.377 e. The van der Waals surface area contributed by atoms with Crippen LogP contribution >= 0.6 is 11.6 Å². The molecule has 2 fully saturated rings. The lowest BCUT2D eigenvalue weighted by molar-refractivity contribution is -0.123. The van der Waals surface area contributed by atoms with E-state index in [4.69, 9.17) is 22.1 Å². The van der Waals surface area contributed by atoms with Gasteiger partial charge in [0.25, 0.3) is 5.91 Å². The first-order chi connectivity index (χ1) is 11.5. The third-order valence-electron chi connectivity index (χ3n) is 5.03. The number of amides is 2. The zero-order valence-corrected chi connectivity index (χ0v) is 14.5. The van der Waals surface area contributed by atoms with Crippen molar-refractivity contribution in [1.82, 2.24) is 14.7 Å². The maximum absolute atomic E-state index is 12.5. The summed E-state index contributed by atoms with van der Waals surface area (Å²) in [6.45, 7) is 1.95. The Morgan fingerprint density at radius 3 is 2.67 bits per heavy atom. The molecule has 1 aromatic rings. The summed E-state index contributed by atoms with van der Waals surface area (Å²) in [6.07, 6.45) is 4.89. The molecule has 2 aliphatic heterocycles. The van der Waals surface area contributed by atoms with Crippen molar-refractivity contribution in [3.8, 4) is 0 Å². The fraction of sp³-hybridized carbons (Fsp3) is 0.688. The van der Waals surface area contributed by atoms with Crippen molar-refractivity contribution in [2.75, 3.05) is 19.7 Å². The van der Waals surface area contributed by atoms with Crippen LogP contribution in [0.3, 0.4) is 0 Å². The third kappa shape index (κ3) is 3.57. The molecule has 0 aromatic carbocycles. The molecule has 132 valence electrons. The fourth-order valence-electron chi connectivity index (χ4n) is 3.66. The Labute approximate surface area is 146 Å². The molecule has 2 saturated heterocycles. The number of halogens is 1. The summed E-state index contributed by atoms with van der Waals surface area (Å²) in [5, 5.41) is 4.52. The molecule has 2 N–H and O–H groups in total. The Bertz CT molecular complexity index is 625. The minimum Gasteiger partial charge on any atom is -0.377 e. The Morgan fingerprint density at radius 2 is 2.08 bits per heavy atom. The lowest BCUT2D eigenvalue weighted by atomic mass is 9.86. The van der Waals surface area contributed by atoms with Gasteiger partial charge in [0.1, 0.15) is 0 Å². The summed E-state index contributed by atoms with van der Waals surface area (Å²) in [5.41, 5.74) is 5.75. The van der Waals surface area contributed by atoms with Crippen LogP contribution in [0.25, 0.3) is 0 Å². The number of hydrogen-bond donors (Lipinski definition) is 1. The van der Waals surface area contributed by atoms with Gasteiger partial charge in [-0.3, -0.25) is 14.3 Å². The van der Waals surface area contributed by atoms with E-state index in [2.05, 4.69) is 5.10 Å². The average molecular weight is 355 g/mol. The van der Waals surface area contributed by atoms with Gasteiger partial charge < -0.3 is 15.4 Å². The van der Waals surface area contributed by atoms with Crippen LogP contribution in [0, 0.1) is 11.8 Å². The zero-order valence-electron chi connectivity index (χ0n) is 13.8. The number of ether oxygens (including phenoxy) is 1. The van der Waals surface area contributed by atoms with Crippen LogP contribution < -0.4 is 5.73 Å². The minimum atomic E-state index is -0.269. The predicted octanol–water partition coefficient (Wildman–Crippen LogP) is 1.21. The maximum Gasteiger partial charge on any atom is 0.275 e. The van der Waals surface area contributed by atoms with Gasteiger partial charge in [0.2, 0.25) is 5.91 Å². The Balaban J connectivity index is 1.53. The van der Waals surface area contributed by atoms with Gasteiger partial charge in [0, 0.05) is 32.9 Å². The number of primary amides is 1. The van der Waals surface area contributed by atoms with Crippen molar-refractivity contribution >= 4 is 23.4 Å². The quantitative estimate of drug-likeness (QED) is 0.879. The number of hydrogen-bond acceptors (Lipinski definition) is 4. The van der Waals surface area contributed by atoms with E-state index in [0.29, 0.717) is 36.3 Å². The molecular formula is C16H23ClN4O3. The van der Waals surface area contributed by atoms with E-state index in [1.165, 1.54) is 0 Å². The highest BCUT2D eigenvalue weighted by Gasteiger charge is 2.35. The van der Waals surface area contributed by atoms with Gasteiger partial charge >= 0.3 is 0 Å². The number of carbonyl (C=O) groups is 2. The second-order valence-corrected chi connectivity index (χ2v) is 7.08. The van der Waals surface area contributed by atoms with Crippen LogP contribution in [-0.4, -0.2) is 52.3 Å². The van der Waals surface area contributed by atoms with E-state index >= 15 is 0 Å². The molecule has 7 nitrogen and oxygen atoms in total. The second-order valence-electron chi connectivity index (χ2n) is 6.68. The van der Waals surface area contributed by atoms with Crippen LogP contribution in [0.5, 0.6) is 0 Å². The van der Waals surface area contributed by atoms with Crippen LogP contribution in [0.4, 0.5) is 0 Å². The zero-order chi connectivity index (χ0) is 17.3. The summed E-state index contributed by atoms with van der Waals surface area (Å²) in [6, 6.07) is 0. The van der Waals surface area contributed by atoms with Crippen LogP contribution in [-0.2, 0) is 16.6 Å². The van der Waals surface area contributed by atoms with E-state index in [9.17, 15) is 9.59 Å². The number of nitrogens with two attached hydrogens (primary N) is 1. The Hall–Kier alpha value is -1.60. The van der Waals surface area contributed by atoms with E-state index in [1.807, 2.05) is 0 Å². The summed E-state index contributed by atoms with van der Waals surface area (Å²) >= 11 is 6.06. The highest BCUT2D eigenvalue weighted by atomic mass is 35.5. The van der Waals surface area contributed by atoms with Crippen molar-refractivity contribution in [3.63, 3.8) is 0 Å². The summed E-state index contributed by atoms with van der Waals surface area (Å²) in [7, 11) is 1.74. The van der Waals surface area contributed by atoms with Gasteiger partial charge in [0.15, 0.2) is 5.69 Å². The molecule has 3 heterocycles. The first-order valence-electron chi connectivity index (χ1n) is 8.35. The van der Waals surface area contributed by atoms with Gasteiger partial charge in [0.05, 0.1) is 17.0 Å². The van der Waals surface area contributed by atoms with Gasteiger partial charge in [-0.1, -0.05) is 11.6 Å². The molecule has 0 aliphatic carbocycles. The minimum absolute atomic E-state index is 0.0695. The van der Waals surface area contributed by atoms with Gasteiger partial charge in [-0.25, -0.2) is 0 Å². The third-order valence-corrected chi connectivity index (χ3v) is 5.31. The summed E-state index contributed by atoms with van der Waals surface area (Å²) in [5.74, 6) is -0.115. The smallest absolute Gasteiger partial charge is 0.275 e. The lowest BCUT2D eigenvalue weighted by Crippen LogP contribution is -2.40. The Kier molecular flexibility index (Phi) is 5.10. The molecule has 2 amide bonds. The molecule has 8 heteroatoms. The van der Waals surface area contributed by atoms with Crippen LogP contribution in [0.2, 0.25) is 5.02 Å². The number of rotatable bonds is 4. The van der Waals surface area contributed by atoms with Crippen LogP contribution in [0.1, 0.15) is 36.2 Å². The predicted molar refractivity (Wildman–Crippen MR) is 88.5 cm³/mol. The molecule has 2 atom stereocenters. The summed E-state index contributed by atoms with van der Waals surface area (Å²) in [4.78, 5) is 25.8. The number of aromatic nitrogens is 2. The second kappa shape index (κ2) is 7.11. The number of nitrogens with zero attached hydrogens (tertiary/aromatic N) is 3. The first-order valence-corrected chi connectivity index (χ1v) is 8.73. The van der Waals surface area contributed by atoms with Crippen molar-refractivity contribution < 1.29 is 14.3 Å². The van der Waals surface area contributed by atoms with E-state index in [-0.39, 0.29) is 23.8 Å². The normalized spacial score (nSPS) is 25.2. The van der Waals surface area contributed by atoms with Crippen molar-refractivity contribution in [2.24, 2.45) is 24.6 Å². The Morgan fingerprint density at radius 1 is 1.38 bits per heavy atom. The molecule has 24 heavy (non-hydrogen) atoms. The highest BCUT2D eigenvalue weighted by Crippen LogP contribution is 2.31. The topological polar surface area (TPSA) is 90.5 Å².